The van der Waals surface area contributed by atoms with Crippen LogP contribution in [0.4, 0.5) is 10.1 Å². The molecule has 11 heteroatoms. The highest BCUT2D eigenvalue weighted by Gasteiger charge is 2.32. The van der Waals surface area contributed by atoms with E-state index < -0.39 is 34.3 Å². The lowest BCUT2D eigenvalue weighted by atomic mass is 10.1. The van der Waals surface area contributed by atoms with Crippen molar-refractivity contribution in [2.24, 2.45) is 5.92 Å². The van der Waals surface area contributed by atoms with Gasteiger partial charge >= 0.3 is 0 Å². The normalized spacial score (nSPS) is 12.1. The third-order valence-electron chi connectivity index (χ3n) is 6.48. The molecule has 0 aliphatic heterocycles. The van der Waals surface area contributed by atoms with Gasteiger partial charge in [-0.3, -0.25) is 13.9 Å². The molecular weight excluding hydrogens is 577 g/mol. The molecule has 0 radical (unpaired) electrons. The number of carbonyl (C=O) groups is 2. The summed E-state index contributed by atoms with van der Waals surface area (Å²) in [6.45, 7) is 7.62. The Morgan fingerprint density at radius 1 is 0.952 bits per heavy atom. The second kappa shape index (κ2) is 15.1. The summed E-state index contributed by atoms with van der Waals surface area (Å²) in [5, 5.41) is 2.84. The van der Waals surface area contributed by atoms with E-state index in [2.05, 4.69) is 5.32 Å². The molecule has 0 saturated carbocycles. The molecule has 0 bridgehead atoms. The second-order valence-electron chi connectivity index (χ2n) is 10.1. The van der Waals surface area contributed by atoms with Gasteiger partial charge in [0.05, 0.1) is 17.2 Å². The van der Waals surface area contributed by atoms with Gasteiger partial charge in [-0.05, 0) is 92.2 Å². The smallest absolute Gasteiger partial charge is 0.264 e. The van der Waals surface area contributed by atoms with Gasteiger partial charge in [-0.1, -0.05) is 26.0 Å². The van der Waals surface area contributed by atoms with Crippen LogP contribution in [0.2, 0.25) is 0 Å². The predicted octanol–water partition coefficient (Wildman–Crippen LogP) is 5.33. The number of thioether (sulfide) groups is 1. The number of hydrogen-bond donors (Lipinski definition) is 1. The third kappa shape index (κ3) is 8.72. The monoisotopic (exact) mass is 615 g/mol. The zero-order chi connectivity index (χ0) is 30.9. The Kier molecular flexibility index (Phi) is 11.8. The molecule has 0 heterocycles. The lowest BCUT2D eigenvalue weighted by Crippen LogP contribution is -2.51. The first kappa shape index (κ1) is 32.9. The SMILES string of the molecule is CCOc1ccc(N(CC(=O)N(Cc2ccc(F)cc2)[C@H](C)C(=O)NCC(C)C)S(=O)(=O)c2ccc(SC)cc2)cc1. The lowest BCUT2D eigenvalue weighted by Gasteiger charge is -2.32. The van der Waals surface area contributed by atoms with Crippen molar-refractivity contribution in [1.29, 1.82) is 0 Å². The molecule has 8 nitrogen and oxygen atoms in total. The van der Waals surface area contributed by atoms with Crippen LogP contribution in [0, 0.1) is 11.7 Å². The molecule has 3 aromatic rings. The number of sulfonamides is 1. The molecule has 3 rings (SSSR count). The molecule has 0 fully saturated rings. The largest absolute Gasteiger partial charge is 0.494 e. The third-order valence-corrected chi connectivity index (χ3v) is 9.01. The maximum absolute atomic E-state index is 14.0. The van der Waals surface area contributed by atoms with E-state index in [4.69, 9.17) is 4.74 Å². The molecule has 3 aromatic carbocycles. The summed E-state index contributed by atoms with van der Waals surface area (Å²) in [4.78, 5) is 29.3. The molecule has 42 heavy (non-hydrogen) atoms. The highest BCUT2D eigenvalue weighted by molar-refractivity contribution is 7.98. The Morgan fingerprint density at radius 2 is 1.57 bits per heavy atom. The van der Waals surface area contributed by atoms with Crippen LogP contribution in [0.15, 0.2) is 82.6 Å². The number of nitrogens with zero attached hydrogens (tertiary/aromatic N) is 2. The zero-order valence-corrected chi connectivity index (χ0v) is 26.2. The molecule has 226 valence electrons. The van der Waals surface area contributed by atoms with Crippen LogP contribution in [-0.4, -0.2) is 57.1 Å². The standard InChI is InChI=1S/C31H38FN3O5S2/c1-6-40-27-13-11-26(12-14-27)35(42(38,39)29-17-15-28(41-5)16-18-29)21-30(36)34(20-24-7-9-25(32)10-8-24)23(4)31(37)33-19-22(2)3/h7-18,22-23H,6,19-21H2,1-5H3,(H,33,37)/t23-/m1/s1. The fraction of sp³-hybridized carbons (Fsp3) is 0.355. The number of amides is 2. The minimum atomic E-state index is -4.19. The fourth-order valence-electron chi connectivity index (χ4n) is 4.10. The molecular formula is C31H38FN3O5S2. The summed E-state index contributed by atoms with van der Waals surface area (Å²) in [6, 6.07) is 17.5. The number of hydrogen-bond acceptors (Lipinski definition) is 6. The number of nitrogens with one attached hydrogen (secondary N) is 1. The average molecular weight is 616 g/mol. The average Bonchev–Trinajstić information content (AvgIpc) is 2.98. The Balaban J connectivity index is 2.01. The molecule has 1 N–H and O–H groups in total. The Labute approximate surface area is 252 Å². The Hall–Kier alpha value is -3.57. The summed E-state index contributed by atoms with van der Waals surface area (Å²) < 4.78 is 48.1. The zero-order valence-electron chi connectivity index (χ0n) is 24.5. The van der Waals surface area contributed by atoms with Crippen LogP contribution in [-0.2, 0) is 26.2 Å². The quantitative estimate of drug-likeness (QED) is 0.246. The summed E-state index contributed by atoms with van der Waals surface area (Å²) in [7, 11) is -4.19. The summed E-state index contributed by atoms with van der Waals surface area (Å²) >= 11 is 1.48. The maximum atomic E-state index is 14.0. The van der Waals surface area contributed by atoms with Crippen molar-refractivity contribution in [3.63, 3.8) is 0 Å². The van der Waals surface area contributed by atoms with Crippen molar-refractivity contribution >= 4 is 39.3 Å². The first-order valence-corrected chi connectivity index (χ1v) is 16.3. The van der Waals surface area contributed by atoms with Crippen molar-refractivity contribution in [3.8, 4) is 5.75 Å². The van der Waals surface area contributed by atoms with E-state index in [-0.39, 0.29) is 29.0 Å². The van der Waals surface area contributed by atoms with Crippen molar-refractivity contribution < 1.29 is 27.1 Å². The van der Waals surface area contributed by atoms with Gasteiger partial charge in [0.25, 0.3) is 10.0 Å². The van der Waals surface area contributed by atoms with Crippen LogP contribution < -0.4 is 14.4 Å². The maximum Gasteiger partial charge on any atom is 0.264 e. The van der Waals surface area contributed by atoms with Gasteiger partial charge in [0, 0.05) is 18.0 Å². The van der Waals surface area contributed by atoms with Crippen LogP contribution in [0.3, 0.4) is 0 Å². The van der Waals surface area contributed by atoms with Gasteiger partial charge in [-0.25, -0.2) is 12.8 Å². The first-order valence-electron chi connectivity index (χ1n) is 13.7. The van der Waals surface area contributed by atoms with E-state index in [1.54, 1.807) is 43.3 Å². The van der Waals surface area contributed by atoms with Gasteiger partial charge in [0.2, 0.25) is 11.8 Å². The number of anilines is 1. The topological polar surface area (TPSA) is 96.0 Å². The molecule has 0 aliphatic rings. The fourth-order valence-corrected chi connectivity index (χ4v) is 5.92. The van der Waals surface area contributed by atoms with E-state index in [1.165, 1.54) is 53.1 Å². The van der Waals surface area contributed by atoms with Crippen LogP contribution in [0.1, 0.15) is 33.3 Å². The van der Waals surface area contributed by atoms with Gasteiger partial charge in [-0.2, -0.15) is 0 Å². The molecule has 1 atom stereocenters. The highest BCUT2D eigenvalue weighted by Crippen LogP contribution is 2.28. The van der Waals surface area contributed by atoms with Crippen LogP contribution in [0.5, 0.6) is 5.75 Å². The minimum Gasteiger partial charge on any atom is -0.494 e. The second-order valence-corrected chi connectivity index (χ2v) is 12.8. The van der Waals surface area contributed by atoms with Crippen molar-refractivity contribution in [2.45, 2.75) is 50.1 Å². The summed E-state index contributed by atoms with van der Waals surface area (Å²) in [5.74, 6) is -0.644. The van der Waals surface area contributed by atoms with E-state index in [1.807, 2.05) is 27.0 Å². The molecule has 0 saturated heterocycles. The van der Waals surface area contributed by atoms with E-state index in [9.17, 15) is 22.4 Å². The van der Waals surface area contributed by atoms with E-state index in [0.29, 0.717) is 24.5 Å². The number of ether oxygens (including phenoxy) is 1. The summed E-state index contributed by atoms with van der Waals surface area (Å²) in [5.41, 5.74) is 0.857. The van der Waals surface area contributed by atoms with Gasteiger partial charge in [-0.15, -0.1) is 11.8 Å². The Bertz CT molecular complexity index is 1430. The molecule has 0 aromatic heterocycles. The highest BCUT2D eigenvalue weighted by atomic mass is 32.2. The lowest BCUT2D eigenvalue weighted by molar-refractivity contribution is -0.139. The van der Waals surface area contributed by atoms with Crippen molar-refractivity contribution in [3.05, 3.63) is 84.2 Å². The summed E-state index contributed by atoms with van der Waals surface area (Å²) in [6.07, 6.45) is 1.89. The van der Waals surface area contributed by atoms with E-state index in [0.717, 1.165) is 9.20 Å². The van der Waals surface area contributed by atoms with Crippen LogP contribution >= 0.6 is 11.8 Å². The van der Waals surface area contributed by atoms with Crippen molar-refractivity contribution in [2.75, 3.05) is 30.3 Å². The number of rotatable bonds is 14. The van der Waals surface area contributed by atoms with E-state index >= 15 is 0 Å². The molecule has 0 aliphatic carbocycles. The number of halogens is 1. The number of carbonyl (C=O) groups excluding carboxylic acids is 2. The molecule has 2 amide bonds. The first-order chi connectivity index (χ1) is 20.0. The molecule has 0 unspecified atom stereocenters. The van der Waals surface area contributed by atoms with Gasteiger partial charge in [0.15, 0.2) is 0 Å². The van der Waals surface area contributed by atoms with Gasteiger partial charge < -0.3 is 15.0 Å². The number of benzene rings is 3. The minimum absolute atomic E-state index is 0.0189. The predicted molar refractivity (Wildman–Crippen MR) is 165 cm³/mol. The molecule has 0 spiro atoms. The Morgan fingerprint density at radius 3 is 2.12 bits per heavy atom. The van der Waals surface area contributed by atoms with Crippen LogP contribution in [0.25, 0.3) is 0 Å². The van der Waals surface area contributed by atoms with Crippen molar-refractivity contribution in [1.82, 2.24) is 10.2 Å². The van der Waals surface area contributed by atoms with Gasteiger partial charge in [0.1, 0.15) is 24.2 Å².